The third kappa shape index (κ3) is 7.38. The van der Waals surface area contributed by atoms with Crippen molar-refractivity contribution in [2.75, 3.05) is 6.54 Å². The van der Waals surface area contributed by atoms with E-state index in [2.05, 4.69) is 5.32 Å². The molecule has 0 spiro atoms. The zero-order valence-electron chi connectivity index (χ0n) is 27.5. The van der Waals surface area contributed by atoms with Gasteiger partial charge in [-0.05, 0) is 76.0 Å². The summed E-state index contributed by atoms with van der Waals surface area (Å²) in [7, 11) is 0. The van der Waals surface area contributed by atoms with Crippen LogP contribution >= 0.6 is 11.3 Å². The van der Waals surface area contributed by atoms with Crippen molar-refractivity contribution in [3.63, 3.8) is 0 Å². The van der Waals surface area contributed by atoms with Crippen molar-refractivity contribution in [3.05, 3.63) is 53.9 Å². The number of Topliss-reactive ketones (excluding diaryl/α,β-unsaturated/α-hetero) is 1. The Hall–Kier alpha value is -4.32. The van der Waals surface area contributed by atoms with Crippen LogP contribution in [0.15, 0.2) is 53.9 Å². The van der Waals surface area contributed by atoms with Gasteiger partial charge < -0.3 is 24.8 Å². The van der Waals surface area contributed by atoms with Crippen molar-refractivity contribution in [2.45, 2.75) is 95.9 Å². The summed E-state index contributed by atoms with van der Waals surface area (Å²) in [6, 6.07) is 9.46. The van der Waals surface area contributed by atoms with Crippen LogP contribution in [-0.4, -0.2) is 74.1 Å². The predicted molar refractivity (Wildman–Crippen MR) is 181 cm³/mol. The predicted octanol–water partition coefficient (Wildman–Crippen LogP) is 6.17. The fraction of sp³-hybridized carbons (Fsp3) is 0.500. The lowest BCUT2D eigenvalue weighted by Crippen LogP contribution is -2.52. The fourth-order valence-corrected chi connectivity index (χ4v) is 7.43. The highest BCUT2D eigenvalue weighted by Gasteiger charge is 2.61. The Morgan fingerprint density at radius 1 is 1.06 bits per heavy atom. The van der Waals surface area contributed by atoms with Gasteiger partial charge >= 0.3 is 12.1 Å². The number of alkyl carbamates (subject to hydrolysis) is 1. The molecule has 1 aromatic carbocycles. The first kappa shape index (κ1) is 33.6. The maximum atomic E-state index is 14.3. The average molecular weight is 675 g/mol. The molecule has 2 N–H and O–H groups in total. The second-order valence-electron chi connectivity index (χ2n) is 14.0. The normalized spacial score (nSPS) is 27.3. The van der Waals surface area contributed by atoms with Crippen molar-refractivity contribution < 1.29 is 33.8 Å². The molecule has 2 aromatic heterocycles. The second kappa shape index (κ2) is 13.7. The van der Waals surface area contributed by atoms with E-state index >= 15 is 0 Å². The maximum Gasteiger partial charge on any atom is 0.408 e. The standard InChI is InChI=1S/C36H42N4O7S/c1-35(2,3)47-34(45)39-26-15-8-6-4-5-7-12-22-19-36(22,33(43)44)20-28(41)27-18-23(21-40(27)32(26)42)46-31-30(29-16-11-17-48-29)37-24-13-9-10-14-25(24)38-31/h7,9-14,16-17,22-23,26-27H,4-6,8,15,18-21H2,1-3H3,(H,39,45)(H,43,44)/b12-7-/t22?,23?,26-,27-,36+/m0/s1. The fourth-order valence-electron chi connectivity index (χ4n) is 6.72. The molecular weight excluding hydrogens is 632 g/mol. The SMILES string of the molecule is CC(C)(C)OC(=O)N[C@H]1CCCCC/C=C\C2C[C@@]2(C(=O)O)CC(=O)[C@@H]2CC(Oc3nc4ccccc4nc3-c3cccs3)CN2C1=O. The van der Waals surface area contributed by atoms with E-state index in [0.717, 1.165) is 24.1 Å². The number of carbonyl (C=O) groups excluding carboxylic acids is 3. The van der Waals surface area contributed by atoms with E-state index in [1.807, 2.05) is 53.9 Å². The number of benzene rings is 1. The minimum absolute atomic E-state index is 0.0591. The summed E-state index contributed by atoms with van der Waals surface area (Å²) < 4.78 is 12.0. The lowest BCUT2D eigenvalue weighted by atomic mass is 9.92. The summed E-state index contributed by atoms with van der Waals surface area (Å²) in [6.07, 6.45) is 6.42. The van der Waals surface area contributed by atoms with Gasteiger partial charge in [0.2, 0.25) is 11.8 Å². The highest BCUT2D eigenvalue weighted by Crippen LogP contribution is 2.57. The van der Waals surface area contributed by atoms with Crippen LogP contribution < -0.4 is 10.1 Å². The first-order valence-corrected chi connectivity index (χ1v) is 17.5. The van der Waals surface area contributed by atoms with Crippen LogP contribution in [0.5, 0.6) is 5.88 Å². The summed E-state index contributed by atoms with van der Waals surface area (Å²) in [5.74, 6) is -1.69. The van der Waals surface area contributed by atoms with E-state index in [4.69, 9.17) is 19.4 Å². The van der Waals surface area contributed by atoms with Crippen LogP contribution in [0.1, 0.15) is 72.1 Å². The summed E-state index contributed by atoms with van der Waals surface area (Å²) in [6.45, 7) is 5.31. The molecule has 12 heteroatoms. The molecule has 2 aliphatic heterocycles. The van der Waals surface area contributed by atoms with E-state index in [1.165, 1.54) is 16.2 Å². The van der Waals surface area contributed by atoms with E-state index in [-0.39, 0.29) is 31.1 Å². The smallest absolute Gasteiger partial charge is 0.408 e. The Balaban J connectivity index is 1.32. The molecule has 3 aromatic rings. The molecule has 2 amide bonds. The van der Waals surface area contributed by atoms with Crippen LogP contribution in [0.3, 0.4) is 0 Å². The summed E-state index contributed by atoms with van der Waals surface area (Å²) >= 11 is 1.50. The van der Waals surface area contributed by atoms with Gasteiger partial charge in [-0.15, -0.1) is 11.3 Å². The number of aromatic nitrogens is 2. The minimum Gasteiger partial charge on any atom is -0.481 e. The number of hydrogen-bond acceptors (Lipinski definition) is 9. The van der Waals surface area contributed by atoms with Gasteiger partial charge in [0, 0.05) is 12.8 Å². The Morgan fingerprint density at radius 2 is 1.83 bits per heavy atom. The van der Waals surface area contributed by atoms with Crippen molar-refractivity contribution >= 4 is 46.1 Å². The number of carboxylic acids is 1. The number of thiophene rings is 1. The number of aliphatic carboxylic acids is 1. The van der Waals surface area contributed by atoms with Crippen molar-refractivity contribution in [3.8, 4) is 16.5 Å². The van der Waals surface area contributed by atoms with Crippen molar-refractivity contribution in [1.82, 2.24) is 20.2 Å². The average Bonchev–Trinajstić information content (AvgIpc) is 3.34. The van der Waals surface area contributed by atoms with Gasteiger partial charge in [0.15, 0.2) is 5.78 Å². The topological polar surface area (TPSA) is 148 Å². The Labute approximate surface area is 283 Å². The molecule has 5 atom stereocenters. The maximum absolute atomic E-state index is 14.3. The van der Waals surface area contributed by atoms with E-state index in [0.29, 0.717) is 41.9 Å². The molecule has 11 nitrogen and oxygen atoms in total. The van der Waals surface area contributed by atoms with Crippen LogP contribution in [0, 0.1) is 11.3 Å². The second-order valence-corrected chi connectivity index (χ2v) is 15.0. The summed E-state index contributed by atoms with van der Waals surface area (Å²) in [4.78, 5) is 65.8. The number of fused-ring (bicyclic) bond motifs is 3. The number of nitrogens with one attached hydrogen (secondary N) is 1. The van der Waals surface area contributed by atoms with Crippen LogP contribution in [0.2, 0.25) is 0 Å². The zero-order valence-corrected chi connectivity index (χ0v) is 28.3. The van der Waals surface area contributed by atoms with Gasteiger partial charge in [0.1, 0.15) is 23.4 Å². The number of para-hydroxylation sites is 2. The molecular formula is C36H42N4O7S. The van der Waals surface area contributed by atoms with Gasteiger partial charge in [-0.3, -0.25) is 14.4 Å². The lowest BCUT2D eigenvalue weighted by Gasteiger charge is -2.30. The number of ketones is 1. The molecule has 3 aliphatic rings. The molecule has 6 rings (SSSR count). The summed E-state index contributed by atoms with van der Waals surface area (Å²) in [5, 5.41) is 14.9. The van der Waals surface area contributed by atoms with E-state index in [9.17, 15) is 24.3 Å². The van der Waals surface area contributed by atoms with E-state index in [1.54, 1.807) is 20.8 Å². The van der Waals surface area contributed by atoms with Crippen LogP contribution in [0.4, 0.5) is 4.79 Å². The molecule has 1 saturated heterocycles. The van der Waals surface area contributed by atoms with Crippen LogP contribution in [0.25, 0.3) is 21.6 Å². The molecule has 0 bridgehead atoms. The number of allylic oxidation sites excluding steroid dienone is 2. The Kier molecular flexibility index (Phi) is 9.55. The number of ether oxygens (including phenoxy) is 2. The Morgan fingerprint density at radius 3 is 2.54 bits per heavy atom. The summed E-state index contributed by atoms with van der Waals surface area (Å²) in [5.41, 5.74) is -0.0393. The van der Waals surface area contributed by atoms with Gasteiger partial charge in [0.05, 0.1) is 33.9 Å². The minimum atomic E-state index is -1.19. The highest BCUT2D eigenvalue weighted by atomic mass is 32.1. The molecule has 1 saturated carbocycles. The molecule has 254 valence electrons. The van der Waals surface area contributed by atoms with E-state index < -0.39 is 47.2 Å². The number of nitrogens with zero attached hydrogens (tertiary/aromatic N) is 3. The molecule has 0 radical (unpaired) electrons. The van der Waals surface area contributed by atoms with Crippen molar-refractivity contribution in [2.24, 2.45) is 11.3 Å². The number of hydrogen-bond donors (Lipinski definition) is 2. The lowest BCUT2D eigenvalue weighted by molar-refractivity contribution is -0.147. The number of amides is 2. The third-order valence-corrected chi connectivity index (χ3v) is 10.1. The molecule has 2 fully saturated rings. The van der Waals surface area contributed by atoms with Gasteiger partial charge in [0.25, 0.3) is 0 Å². The number of carbonyl (C=O) groups is 4. The van der Waals surface area contributed by atoms with Crippen LogP contribution in [-0.2, 0) is 19.1 Å². The first-order chi connectivity index (χ1) is 22.9. The third-order valence-electron chi connectivity index (χ3n) is 9.26. The van der Waals surface area contributed by atoms with Crippen molar-refractivity contribution in [1.29, 1.82) is 0 Å². The largest absolute Gasteiger partial charge is 0.481 e. The molecule has 2 unspecified atom stereocenters. The van der Waals surface area contributed by atoms with Gasteiger partial charge in [-0.1, -0.05) is 43.2 Å². The highest BCUT2D eigenvalue weighted by molar-refractivity contribution is 7.13. The molecule has 48 heavy (non-hydrogen) atoms. The number of rotatable bonds is 5. The number of carboxylic acid groups (broad SMARTS) is 1. The molecule has 4 heterocycles. The van der Waals surface area contributed by atoms with Gasteiger partial charge in [-0.2, -0.15) is 0 Å². The van der Waals surface area contributed by atoms with Gasteiger partial charge in [-0.25, -0.2) is 14.8 Å². The molecule has 1 aliphatic carbocycles. The zero-order chi connectivity index (χ0) is 34.1. The first-order valence-electron chi connectivity index (χ1n) is 16.6. The quantitative estimate of drug-likeness (QED) is 0.303. The Bertz CT molecular complexity index is 1720. The monoisotopic (exact) mass is 674 g/mol.